The minimum Gasteiger partial charge on any atom is -0.378 e. The number of benzene rings is 1. The fourth-order valence-corrected chi connectivity index (χ4v) is 3.31. The molecule has 0 aliphatic heterocycles. The molecule has 2 aromatic heterocycles. The van der Waals surface area contributed by atoms with Gasteiger partial charge in [-0.2, -0.15) is 9.78 Å². The van der Waals surface area contributed by atoms with E-state index in [2.05, 4.69) is 35.8 Å². The number of aromatic nitrogens is 5. The summed E-state index contributed by atoms with van der Waals surface area (Å²) in [5.41, 5.74) is 9.59. The molecule has 10 heteroatoms. The van der Waals surface area contributed by atoms with Gasteiger partial charge < -0.3 is 5.73 Å². The van der Waals surface area contributed by atoms with E-state index in [0.717, 1.165) is 18.4 Å². The zero-order valence-corrected chi connectivity index (χ0v) is 15.2. The Balaban J connectivity index is 1.63. The van der Waals surface area contributed by atoms with Crippen LogP contribution < -0.4 is 11.2 Å². The van der Waals surface area contributed by atoms with Crippen molar-refractivity contribution < 1.29 is 9.42 Å². The molecule has 0 bridgehead atoms. The molecule has 0 unspecified atom stereocenters. The molecule has 10 nitrogen and oxygen atoms in total. The summed E-state index contributed by atoms with van der Waals surface area (Å²) in [4.78, 5) is 12.7. The molecule has 4 rings (SSSR count). The molecule has 0 radical (unpaired) electrons. The number of amides is 1. The van der Waals surface area contributed by atoms with Gasteiger partial charge in [-0.1, -0.05) is 54.8 Å². The summed E-state index contributed by atoms with van der Waals surface area (Å²) in [5, 5.41) is 19.5. The summed E-state index contributed by atoms with van der Waals surface area (Å²) in [5.74, 6) is 0.145. The van der Waals surface area contributed by atoms with Crippen molar-refractivity contribution in [3.05, 3.63) is 36.0 Å². The molecule has 0 spiro atoms. The predicted molar refractivity (Wildman–Crippen MR) is 102 cm³/mol. The summed E-state index contributed by atoms with van der Waals surface area (Å²) >= 11 is 0. The predicted octanol–water partition coefficient (Wildman–Crippen LogP) is 2.20. The maximum Gasteiger partial charge on any atom is 0.294 e. The molecule has 1 aliphatic rings. The van der Waals surface area contributed by atoms with E-state index >= 15 is 0 Å². The third kappa shape index (κ3) is 3.61. The summed E-state index contributed by atoms with van der Waals surface area (Å²) in [6.07, 6.45) is 7.67. The van der Waals surface area contributed by atoms with Crippen LogP contribution in [0.25, 0.3) is 17.1 Å². The van der Waals surface area contributed by atoms with Crippen molar-refractivity contribution in [2.45, 2.75) is 32.1 Å². The molecule has 1 saturated carbocycles. The van der Waals surface area contributed by atoms with Crippen molar-refractivity contribution in [2.24, 2.45) is 11.0 Å². The Morgan fingerprint density at radius 2 is 2.00 bits per heavy atom. The molecule has 0 atom stereocenters. The lowest BCUT2D eigenvalue weighted by Gasteiger charge is -2.16. The number of rotatable bonds is 5. The van der Waals surface area contributed by atoms with E-state index in [1.807, 2.05) is 36.5 Å². The Morgan fingerprint density at radius 1 is 1.21 bits per heavy atom. The molecular weight excluding hydrogens is 360 g/mol. The van der Waals surface area contributed by atoms with Gasteiger partial charge in [0, 0.05) is 11.8 Å². The first kappa shape index (κ1) is 17.8. The van der Waals surface area contributed by atoms with Crippen LogP contribution in [-0.2, 0) is 0 Å². The van der Waals surface area contributed by atoms with Crippen LogP contribution in [0, 0.1) is 5.92 Å². The molecule has 1 amide bonds. The smallest absolute Gasteiger partial charge is 0.294 e. The van der Waals surface area contributed by atoms with Crippen molar-refractivity contribution in [1.82, 2.24) is 30.7 Å². The number of carbonyl (C=O) groups excluding carboxylic acids is 1. The number of carbonyl (C=O) groups is 1. The average Bonchev–Trinajstić information content (AvgIpc) is 3.35. The highest BCUT2D eigenvalue weighted by atomic mass is 16.6. The fraction of sp³-hybridized carbons (Fsp3) is 0.333. The van der Waals surface area contributed by atoms with Crippen LogP contribution in [0.2, 0.25) is 0 Å². The molecule has 28 heavy (non-hydrogen) atoms. The van der Waals surface area contributed by atoms with E-state index < -0.39 is 5.91 Å². The van der Waals surface area contributed by atoms with E-state index in [1.165, 1.54) is 23.9 Å². The monoisotopic (exact) mass is 380 g/mol. The number of nitrogen functional groups attached to an aromatic ring is 1. The highest BCUT2D eigenvalue weighted by molar-refractivity contribution is 5.98. The van der Waals surface area contributed by atoms with Gasteiger partial charge in [0.25, 0.3) is 5.91 Å². The SMILES string of the molecule is Nc1nonc1-n1nnc(C(=O)N/N=C\C2CCCCC2)c1-c1ccccc1. The van der Waals surface area contributed by atoms with Crippen LogP contribution in [0.1, 0.15) is 42.6 Å². The van der Waals surface area contributed by atoms with Crippen molar-refractivity contribution in [1.29, 1.82) is 0 Å². The van der Waals surface area contributed by atoms with E-state index in [1.54, 1.807) is 0 Å². The van der Waals surface area contributed by atoms with E-state index in [4.69, 9.17) is 5.73 Å². The number of anilines is 1. The maximum absolute atomic E-state index is 12.7. The van der Waals surface area contributed by atoms with Crippen LogP contribution in [0.3, 0.4) is 0 Å². The van der Waals surface area contributed by atoms with Gasteiger partial charge in [-0.05, 0) is 29.1 Å². The van der Waals surface area contributed by atoms with Crippen LogP contribution in [0.5, 0.6) is 0 Å². The normalized spacial score (nSPS) is 15.1. The van der Waals surface area contributed by atoms with Gasteiger partial charge in [0.05, 0.1) is 0 Å². The molecule has 1 aromatic carbocycles. The molecule has 144 valence electrons. The Kier molecular flexibility index (Phi) is 5.09. The van der Waals surface area contributed by atoms with Gasteiger partial charge in [0.2, 0.25) is 11.6 Å². The lowest BCUT2D eigenvalue weighted by Crippen LogP contribution is -2.20. The van der Waals surface area contributed by atoms with Gasteiger partial charge in [-0.15, -0.1) is 5.10 Å². The number of nitrogens with zero attached hydrogens (tertiary/aromatic N) is 6. The molecular formula is C18H20N8O2. The summed E-state index contributed by atoms with van der Waals surface area (Å²) in [6.45, 7) is 0. The summed E-state index contributed by atoms with van der Waals surface area (Å²) < 4.78 is 5.99. The Bertz CT molecular complexity index is 973. The van der Waals surface area contributed by atoms with Crippen molar-refractivity contribution in [2.75, 3.05) is 5.73 Å². The van der Waals surface area contributed by atoms with Crippen molar-refractivity contribution >= 4 is 17.9 Å². The minimum absolute atomic E-state index is 0.0457. The number of nitrogens with one attached hydrogen (secondary N) is 1. The topological polar surface area (TPSA) is 137 Å². The maximum atomic E-state index is 12.7. The third-order valence-electron chi connectivity index (χ3n) is 4.73. The van der Waals surface area contributed by atoms with Crippen LogP contribution >= 0.6 is 0 Å². The Morgan fingerprint density at radius 3 is 2.71 bits per heavy atom. The van der Waals surface area contributed by atoms with E-state index in [-0.39, 0.29) is 17.3 Å². The van der Waals surface area contributed by atoms with E-state index in [9.17, 15) is 4.79 Å². The number of hydrogen-bond donors (Lipinski definition) is 2. The summed E-state index contributed by atoms with van der Waals surface area (Å²) in [6, 6.07) is 9.24. The van der Waals surface area contributed by atoms with Gasteiger partial charge in [-0.3, -0.25) is 4.79 Å². The second kappa shape index (κ2) is 7.99. The highest BCUT2D eigenvalue weighted by Crippen LogP contribution is 2.26. The number of hydrogen-bond acceptors (Lipinski definition) is 8. The first-order valence-corrected chi connectivity index (χ1v) is 9.17. The molecule has 3 aromatic rings. The van der Waals surface area contributed by atoms with Crippen LogP contribution in [0.15, 0.2) is 40.1 Å². The lowest BCUT2D eigenvalue weighted by molar-refractivity contribution is 0.0950. The molecule has 3 N–H and O–H groups in total. The van der Waals surface area contributed by atoms with Gasteiger partial charge in [0.15, 0.2) is 5.69 Å². The van der Waals surface area contributed by atoms with Crippen molar-refractivity contribution in [3.63, 3.8) is 0 Å². The Labute approximate surface area is 160 Å². The molecule has 1 aliphatic carbocycles. The fourth-order valence-electron chi connectivity index (χ4n) is 3.31. The number of hydrazone groups is 1. The first-order valence-electron chi connectivity index (χ1n) is 9.17. The van der Waals surface area contributed by atoms with Crippen LogP contribution in [0.4, 0.5) is 5.82 Å². The number of nitrogens with two attached hydrogens (primary N) is 1. The third-order valence-corrected chi connectivity index (χ3v) is 4.73. The molecule has 1 fully saturated rings. The highest BCUT2D eigenvalue weighted by Gasteiger charge is 2.25. The van der Waals surface area contributed by atoms with Gasteiger partial charge >= 0.3 is 0 Å². The minimum atomic E-state index is -0.466. The Hall–Kier alpha value is -3.56. The molecule has 0 saturated heterocycles. The largest absolute Gasteiger partial charge is 0.378 e. The van der Waals surface area contributed by atoms with Gasteiger partial charge in [0.1, 0.15) is 5.69 Å². The van der Waals surface area contributed by atoms with Gasteiger partial charge in [-0.25, -0.2) is 10.1 Å². The van der Waals surface area contributed by atoms with Crippen molar-refractivity contribution in [3.8, 4) is 17.1 Å². The zero-order valence-electron chi connectivity index (χ0n) is 15.2. The zero-order chi connectivity index (χ0) is 19.3. The quantitative estimate of drug-likeness (QED) is 0.511. The average molecular weight is 380 g/mol. The second-order valence-corrected chi connectivity index (χ2v) is 6.65. The first-order chi connectivity index (χ1) is 13.7. The standard InChI is InChI=1S/C18H20N8O2/c19-16-17(24-28-23-16)26-15(13-9-5-2-6-10-13)14(21-25-26)18(27)22-20-11-12-7-3-1-4-8-12/h2,5-6,9-12H,1,3-4,7-8H2,(H2,19,23)(H,22,27)/b20-11-. The van der Waals surface area contributed by atoms with Crippen LogP contribution in [-0.4, -0.2) is 37.4 Å². The summed E-state index contributed by atoms with van der Waals surface area (Å²) in [7, 11) is 0. The molecule has 2 heterocycles. The van der Waals surface area contributed by atoms with E-state index in [0.29, 0.717) is 11.6 Å². The lowest BCUT2D eigenvalue weighted by atomic mass is 9.90. The second-order valence-electron chi connectivity index (χ2n) is 6.65.